The number of hydrogen-bond donors (Lipinski definition) is 0. The average Bonchev–Trinajstić information content (AvgIpc) is 2.70. The van der Waals surface area contributed by atoms with Crippen LogP contribution < -0.4 is 0 Å². The molecule has 1 saturated carbocycles. The third-order valence-electron chi connectivity index (χ3n) is 3.28. The van der Waals surface area contributed by atoms with Crippen LogP contribution in [0.2, 0.25) is 5.02 Å². The molecule has 0 radical (unpaired) electrons. The van der Waals surface area contributed by atoms with E-state index in [2.05, 4.69) is 25.1 Å². The van der Waals surface area contributed by atoms with Gasteiger partial charge in [-0.3, -0.25) is 0 Å². The van der Waals surface area contributed by atoms with Crippen molar-refractivity contribution in [3.05, 3.63) is 34.3 Å². The van der Waals surface area contributed by atoms with Gasteiger partial charge in [0.25, 0.3) is 0 Å². The summed E-state index contributed by atoms with van der Waals surface area (Å²) in [4.78, 5) is 0. The van der Waals surface area contributed by atoms with E-state index in [1.807, 2.05) is 0 Å². The van der Waals surface area contributed by atoms with Gasteiger partial charge in [0.05, 0.1) is 0 Å². The minimum absolute atomic E-state index is 0.776. The van der Waals surface area contributed by atoms with Gasteiger partial charge in [-0.15, -0.1) is 0 Å². The van der Waals surface area contributed by atoms with Crippen LogP contribution in [0.3, 0.4) is 0 Å². The molecule has 14 heavy (non-hydrogen) atoms. The molecule has 0 spiro atoms. The van der Waals surface area contributed by atoms with Crippen LogP contribution in [0, 0.1) is 0 Å². The summed E-state index contributed by atoms with van der Waals surface area (Å²) in [5, 5.41) is 0.955. The Morgan fingerprint density at radius 3 is 2.57 bits per heavy atom. The highest BCUT2D eigenvalue weighted by Crippen LogP contribution is 2.35. The van der Waals surface area contributed by atoms with Gasteiger partial charge >= 0.3 is 0 Å². The molecule has 1 aliphatic carbocycles. The Hall–Kier alpha value is -0.490. The molecule has 0 aromatic heterocycles. The summed E-state index contributed by atoms with van der Waals surface area (Å²) in [5.74, 6) is 0.776. The van der Waals surface area contributed by atoms with Crippen LogP contribution in [-0.2, 0) is 6.42 Å². The molecule has 2 rings (SSSR count). The van der Waals surface area contributed by atoms with E-state index in [9.17, 15) is 0 Å². The molecule has 0 bridgehead atoms. The summed E-state index contributed by atoms with van der Waals surface area (Å²) in [6.45, 7) is 2.15. The van der Waals surface area contributed by atoms with Gasteiger partial charge in [0.1, 0.15) is 0 Å². The average molecular weight is 209 g/mol. The van der Waals surface area contributed by atoms with E-state index in [4.69, 9.17) is 11.6 Å². The lowest BCUT2D eigenvalue weighted by molar-refractivity contribution is 0.723. The van der Waals surface area contributed by atoms with Gasteiger partial charge in [0.2, 0.25) is 0 Å². The van der Waals surface area contributed by atoms with E-state index < -0.39 is 0 Å². The summed E-state index contributed by atoms with van der Waals surface area (Å²) < 4.78 is 0. The molecule has 0 atom stereocenters. The van der Waals surface area contributed by atoms with Crippen LogP contribution in [0.1, 0.15) is 49.7 Å². The van der Waals surface area contributed by atoms with Crippen LogP contribution >= 0.6 is 11.6 Å². The van der Waals surface area contributed by atoms with Crippen molar-refractivity contribution >= 4 is 11.6 Å². The monoisotopic (exact) mass is 208 g/mol. The predicted molar refractivity (Wildman–Crippen MR) is 62.0 cm³/mol. The molecule has 1 aromatic rings. The van der Waals surface area contributed by atoms with Crippen molar-refractivity contribution in [1.82, 2.24) is 0 Å². The molecule has 0 nitrogen and oxygen atoms in total. The van der Waals surface area contributed by atoms with Gasteiger partial charge in [0, 0.05) is 5.02 Å². The molecule has 1 heteroatoms. The van der Waals surface area contributed by atoms with Crippen molar-refractivity contribution in [3.63, 3.8) is 0 Å². The highest BCUT2D eigenvalue weighted by molar-refractivity contribution is 6.31. The third-order valence-corrected chi connectivity index (χ3v) is 3.64. The van der Waals surface area contributed by atoms with E-state index >= 15 is 0 Å². The predicted octanol–water partition coefficient (Wildman–Crippen LogP) is 4.56. The summed E-state index contributed by atoms with van der Waals surface area (Å²) in [7, 11) is 0. The van der Waals surface area contributed by atoms with Crippen LogP contribution in [0.25, 0.3) is 0 Å². The normalized spacial score (nSPS) is 17.6. The van der Waals surface area contributed by atoms with Crippen molar-refractivity contribution in [2.24, 2.45) is 0 Å². The number of benzene rings is 1. The van der Waals surface area contributed by atoms with Gasteiger partial charge in [0.15, 0.2) is 0 Å². The first kappa shape index (κ1) is 10.0. The fourth-order valence-corrected chi connectivity index (χ4v) is 2.69. The van der Waals surface area contributed by atoms with E-state index in [1.54, 1.807) is 0 Å². The molecule has 0 heterocycles. The van der Waals surface area contributed by atoms with Crippen molar-refractivity contribution < 1.29 is 0 Å². The second kappa shape index (κ2) is 4.35. The minimum atomic E-state index is 0.776. The minimum Gasteiger partial charge on any atom is -0.0840 e. The standard InChI is InChI=1S/C13H17Cl/c1-2-10-7-8-12(9-13(10)14)11-5-3-4-6-11/h7-9,11H,2-6H2,1H3. The number of hydrogen-bond acceptors (Lipinski definition) is 0. The fraction of sp³-hybridized carbons (Fsp3) is 0.538. The number of halogens is 1. The Morgan fingerprint density at radius 1 is 1.29 bits per heavy atom. The first-order chi connectivity index (χ1) is 6.81. The lowest BCUT2D eigenvalue weighted by atomic mass is 9.96. The molecule has 76 valence electrons. The Morgan fingerprint density at radius 2 is 2.00 bits per heavy atom. The molecule has 0 saturated heterocycles. The summed E-state index contributed by atoms with van der Waals surface area (Å²) in [5.41, 5.74) is 2.72. The molecular formula is C13H17Cl. The van der Waals surface area contributed by atoms with Crippen LogP contribution in [0.5, 0.6) is 0 Å². The Bertz CT molecular complexity index is 311. The summed E-state index contributed by atoms with van der Waals surface area (Å²) >= 11 is 6.21. The Balaban J connectivity index is 2.23. The maximum atomic E-state index is 6.21. The van der Waals surface area contributed by atoms with E-state index in [-0.39, 0.29) is 0 Å². The zero-order valence-corrected chi connectivity index (χ0v) is 9.48. The van der Waals surface area contributed by atoms with Gasteiger partial charge in [-0.25, -0.2) is 0 Å². The quantitative estimate of drug-likeness (QED) is 0.669. The lowest BCUT2D eigenvalue weighted by Gasteiger charge is -2.11. The summed E-state index contributed by atoms with van der Waals surface area (Å²) in [6, 6.07) is 6.63. The SMILES string of the molecule is CCc1ccc(C2CCCC2)cc1Cl. The summed E-state index contributed by atoms with van der Waals surface area (Å²) in [6.07, 6.45) is 6.50. The van der Waals surface area contributed by atoms with Crippen molar-refractivity contribution in [2.45, 2.75) is 44.9 Å². The Kier molecular flexibility index (Phi) is 3.12. The fourth-order valence-electron chi connectivity index (χ4n) is 2.36. The number of rotatable bonds is 2. The van der Waals surface area contributed by atoms with Crippen molar-refractivity contribution in [1.29, 1.82) is 0 Å². The molecule has 0 aliphatic heterocycles. The Labute approximate surface area is 91.3 Å². The zero-order chi connectivity index (χ0) is 9.97. The van der Waals surface area contributed by atoms with Crippen molar-refractivity contribution in [3.8, 4) is 0 Å². The third kappa shape index (κ3) is 1.95. The maximum Gasteiger partial charge on any atom is 0.0440 e. The van der Waals surface area contributed by atoms with Crippen LogP contribution in [-0.4, -0.2) is 0 Å². The van der Waals surface area contributed by atoms with E-state index in [0.717, 1.165) is 17.4 Å². The van der Waals surface area contributed by atoms with E-state index in [1.165, 1.54) is 36.8 Å². The van der Waals surface area contributed by atoms with Crippen molar-refractivity contribution in [2.75, 3.05) is 0 Å². The smallest absolute Gasteiger partial charge is 0.0440 e. The molecule has 1 aromatic carbocycles. The number of aryl methyl sites for hydroxylation is 1. The highest BCUT2D eigenvalue weighted by atomic mass is 35.5. The topological polar surface area (TPSA) is 0 Å². The largest absolute Gasteiger partial charge is 0.0840 e. The molecular weight excluding hydrogens is 192 g/mol. The van der Waals surface area contributed by atoms with Gasteiger partial charge in [-0.05, 0) is 42.4 Å². The van der Waals surface area contributed by atoms with E-state index in [0.29, 0.717) is 0 Å². The second-order valence-corrected chi connectivity index (χ2v) is 4.59. The molecule has 0 unspecified atom stereocenters. The first-order valence-corrected chi connectivity index (χ1v) is 5.97. The van der Waals surface area contributed by atoms with Gasteiger partial charge in [-0.2, -0.15) is 0 Å². The van der Waals surface area contributed by atoms with Crippen LogP contribution in [0.15, 0.2) is 18.2 Å². The zero-order valence-electron chi connectivity index (χ0n) is 8.72. The highest BCUT2D eigenvalue weighted by Gasteiger charge is 2.17. The maximum absolute atomic E-state index is 6.21. The van der Waals surface area contributed by atoms with Gasteiger partial charge < -0.3 is 0 Å². The first-order valence-electron chi connectivity index (χ1n) is 5.59. The second-order valence-electron chi connectivity index (χ2n) is 4.19. The molecule has 0 amide bonds. The molecule has 1 aliphatic rings. The lowest BCUT2D eigenvalue weighted by Crippen LogP contribution is -1.93. The van der Waals surface area contributed by atoms with Gasteiger partial charge in [-0.1, -0.05) is 43.5 Å². The van der Waals surface area contributed by atoms with Crippen LogP contribution in [0.4, 0.5) is 0 Å². The molecule has 0 N–H and O–H groups in total. The molecule has 1 fully saturated rings.